The molecule has 0 unspecified atom stereocenters. The topological polar surface area (TPSA) is 96.0 Å². The molecule has 0 heterocycles. The zero-order valence-electron chi connectivity index (χ0n) is 21.0. The van der Waals surface area contributed by atoms with E-state index < -0.39 is 28.5 Å². The number of aryl methyl sites for hydroxylation is 1. The lowest BCUT2D eigenvalue weighted by Gasteiger charge is -2.32. The lowest BCUT2D eigenvalue weighted by molar-refractivity contribution is -0.139. The van der Waals surface area contributed by atoms with Crippen LogP contribution in [0.3, 0.4) is 0 Å². The molecule has 0 aliphatic rings. The summed E-state index contributed by atoms with van der Waals surface area (Å²) < 4.78 is 32.8. The monoisotopic (exact) mass is 567 g/mol. The average molecular weight is 569 g/mol. The summed E-state index contributed by atoms with van der Waals surface area (Å²) in [6.07, 6.45) is 1.79. The van der Waals surface area contributed by atoms with Crippen molar-refractivity contribution in [1.82, 2.24) is 10.2 Å². The van der Waals surface area contributed by atoms with Crippen LogP contribution in [-0.4, -0.2) is 57.1 Å². The van der Waals surface area contributed by atoms with Crippen molar-refractivity contribution in [2.75, 3.05) is 24.2 Å². The number of methoxy groups -OCH3 is 1. The third-order valence-corrected chi connectivity index (χ3v) is 7.37. The Morgan fingerprint density at radius 2 is 1.74 bits per heavy atom. The molecule has 2 amide bonds. The molecule has 0 saturated carbocycles. The molecule has 0 radical (unpaired) electrons. The van der Waals surface area contributed by atoms with Gasteiger partial charge in [-0.2, -0.15) is 0 Å². The van der Waals surface area contributed by atoms with E-state index in [-0.39, 0.29) is 24.2 Å². The Bertz CT molecular complexity index is 1140. The van der Waals surface area contributed by atoms with Gasteiger partial charge in [-0.15, -0.1) is 0 Å². The molecule has 2 rings (SSSR count). The molecule has 2 aromatic carbocycles. The summed E-state index contributed by atoms with van der Waals surface area (Å²) in [7, 11) is -2.40. The van der Waals surface area contributed by atoms with Crippen molar-refractivity contribution >= 4 is 43.5 Å². The number of rotatable bonds is 11. The van der Waals surface area contributed by atoms with Crippen molar-refractivity contribution in [3.05, 3.63) is 58.1 Å². The SMILES string of the molecule is CC[C@H](C)NC(=O)[C@@H](C)N(Cc1ccc(Br)cc1)C(=O)CN(c1cc(C)ccc1OC)S(C)(=O)=O. The van der Waals surface area contributed by atoms with Crippen molar-refractivity contribution in [2.24, 2.45) is 0 Å². The number of carbonyl (C=O) groups is 2. The van der Waals surface area contributed by atoms with Crippen LogP contribution in [0.2, 0.25) is 0 Å². The van der Waals surface area contributed by atoms with Crippen LogP contribution in [0.25, 0.3) is 0 Å². The van der Waals surface area contributed by atoms with Gasteiger partial charge in [-0.3, -0.25) is 13.9 Å². The average Bonchev–Trinajstić information content (AvgIpc) is 2.80. The van der Waals surface area contributed by atoms with E-state index >= 15 is 0 Å². The maximum atomic E-state index is 13.6. The van der Waals surface area contributed by atoms with Crippen LogP contribution in [0, 0.1) is 6.92 Å². The number of hydrogen-bond acceptors (Lipinski definition) is 5. The normalized spacial score (nSPS) is 13.0. The van der Waals surface area contributed by atoms with Gasteiger partial charge in [0, 0.05) is 17.1 Å². The van der Waals surface area contributed by atoms with E-state index in [1.54, 1.807) is 25.1 Å². The highest BCUT2D eigenvalue weighted by molar-refractivity contribution is 9.10. The van der Waals surface area contributed by atoms with Gasteiger partial charge in [0.2, 0.25) is 21.8 Å². The van der Waals surface area contributed by atoms with Crippen molar-refractivity contribution in [3.63, 3.8) is 0 Å². The Labute approximate surface area is 216 Å². The number of sulfonamides is 1. The first-order valence-corrected chi connectivity index (χ1v) is 14.0. The summed E-state index contributed by atoms with van der Waals surface area (Å²) in [5.41, 5.74) is 1.89. The quantitative estimate of drug-likeness (QED) is 0.444. The summed E-state index contributed by atoms with van der Waals surface area (Å²) in [5, 5.41) is 2.91. The molecule has 0 spiro atoms. The number of benzene rings is 2. The van der Waals surface area contributed by atoms with Gasteiger partial charge in [0.05, 0.1) is 19.1 Å². The molecule has 2 aromatic rings. The molecule has 10 heteroatoms. The second-order valence-corrected chi connectivity index (χ2v) is 11.4. The fourth-order valence-corrected chi connectivity index (χ4v) is 4.53. The molecule has 0 aromatic heterocycles. The molecular weight excluding hydrogens is 534 g/mol. The van der Waals surface area contributed by atoms with Crippen LogP contribution in [0.5, 0.6) is 5.75 Å². The number of carbonyl (C=O) groups excluding carboxylic acids is 2. The molecule has 0 aliphatic carbocycles. The Morgan fingerprint density at radius 3 is 2.29 bits per heavy atom. The fraction of sp³-hybridized carbons (Fsp3) is 0.440. The van der Waals surface area contributed by atoms with Gasteiger partial charge in [0.1, 0.15) is 18.3 Å². The van der Waals surface area contributed by atoms with Gasteiger partial charge in [-0.05, 0) is 62.6 Å². The maximum Gasteiger partial charge on any atom is 0.244 e. The highest BCUT2D eigenvalue weighted by Crippen LogP contribution is 2.31. The van der Waals surface area contributed by atoms with Crippen LogP contribution in [0.15, 0.2) is 46.9 Å². The van der Waals surface area contributed by atoms with Gasteiger partial charge in [0.15, 0.2) is 0 Å². The van der Waals surface area contributed by atoms with Crippen molar-refractivity contribution in [2.45, 2.75) is 52.7 Å². The van der Waals surface area contributed by atoms with Crippen LogP contribution >= 0.6 is 15.9 Å². The second-order valence-electron chi connectivity index (χ2n) is 8.59. The molecule has 1 N–H and O–H groups in total. The molecule has 35 heavy (non-hydrogen) atoms. The van der Waals surface area contributed by atoms with E-state index in [0.29, 0.717) is 5.75 Å². The van der Waals surface area contributed by atoms with Crippen LogP contribution in [0.1, 0.15) is 38.3 Å². The predicted octanol–water partition coefficient (Wildman–Crippen LogP) is 3.86. The first-order chi connectivity index (χ1) is 16.4. The van der Waals surface area contributed by atoms with Crippen molar-refractivity contribution < 1.29 is 22.7 Å². The summed E-state index contributed by atoms with van der Waals surface area (Å²) in [6.45, 7) is 6.99. The minimum absolute atomic E-state index is 0.0568. The minimum Gasteiger partial charge on any atom is -0.495 e. The van der Waals surface area contributed by atoms with E-state index in [9.17, 15) is 18.0 Å². The smallest absolute Gasteiger partial charge is 0.244 e. The number of halogens is 1. The van der Waals surface area contributed by atoms with Crippen LogP contribution < -0.4 is 14.4 Å². The van der Waals surface area contributed by atoms with Crippen LogP contribution in [-0.2, 0) is 26.2 Å². The third-order valence-electron chi connectivity index (χ3n) is 5.72. The summed E-state index contributed by atoms with van der Waals surface area (Å²) >= 11 is 3.40. The summed E-state index contributed by atoms with van der Waals surface area (Å²) in [5.74, 6) is -0.478. The van der Waals surface area contributed by atoms with Gasteiger partial charge in [0.25, 0.3) is 0 Å². The lowest BCUT2D eigenvalue weighted by atomic mass is 10.1. The number of nitrogens with zero attached hydrogens (tertiary/aromatic N) is 2. The molecule has 2 atom stereocenters. The Kier molecular flexibility index (Phi) is 10.1. The van der Waals surface area contributed by atoms with Gasteiger partial charge >= 0.3 is 0 Å². The molecule has 8 nitrogen and oxygen atoms in total. The number of amides is 2. The zero-order chi connectivity index (χ0) is 26.3. The first kappa shape index (κ1) is 28.6. The Hall–Kier alpha value is -2.59. The first-order valence-electron chi connectivity index (χ1n) is 11.3. The highest BCUT2D eigenvalue weighted by Gasteiger charge is 2.31. The molecule has 0 saturated heterocycles. The van der Waals surface area contributed by atoms with Crippen molar-refractivity contribution in [1.29, 1.82) is 0 Å². The summed E-state index contributed by atoms with van der Waals surface area (Å²) in [6, 6.07) is 11.6. The number of anilines is 1. The molecular formula is C25H34BrN3O5S. The van der Waals surface area contributed by atoms with E-state index in [1.165, 1.54) is 12.0 Å². The predicted molar refractivity (Wildman–Crippen MR) is 142 cm³/mol. The molecule has 192 valence electrons. The third kappa shape index (κ3) is 7.96. The fourth-order valence-electron chi connectivity index (χ4n) is 3.42. The van der Waals surface area contributed by atoms with E-state index in [4.69, 9.17) is 4.74 Å². The minimum atomic E-state index is -3.84. The second kappa shape index (κ2) is 12.4. The van der Waals surface area contributed by atoms with Gasteiger partial charge in [-0.25, -0.2) is 8.42 Å². The van der Waals surface area contributed by atoms with Gasteiger partial charge < -0.3 is 15.0 Å². The molecule has 0 fully saturated rings. The van der Waals surface area contributed by atoms with E-state index in [0.717, 1.165) is 32.6 Å². The number of hydrogen-bond donors (Lipinski definition) is 1. The zero-order valence-corrected chi connectivity index (χ0v) is 23.4. The standard InChI is InChI=1S/C25H34BrN3O5S/c1-7-18(3)27-25(31)19(4)28(15-20-9-11-21(26)12-10-20)24(30)16-29(35(6,32)33)22-14-17(2)8-13-23(22)34-5/h8-14,18-19H,7,15-16H2,1-6H3,(H,27,31)/t18-,19+/m0/s1. The van der Waals surface area contributed by atoms with E-state index in [1.807, 2.05) is 45.0 Å². The highest BCUT2D eigenvalue weighted by atomic mass is 79.9. The van der Waals surface area contributed by atoms with Gasteiger partial charge in [-0.1, -0.05) is 41.1 Å². The number of nitrogens with one attached hydrogen (secondary N) is 1. The number of ether oxygens (including phenoxy) is 1. The van der Waals surface area contributed by atoms with Crippen molar-refractivity contribution in [3.8, 4) is 5.75 Å². The lowest BCUT2D eigenvalue weighted by Crippen LogP contribution is -2.52. The van der Waals surface area contributed by atoms with E-state index in [2.05, 4.69) is 21.2 Å². The molecule has 0 bridgehead atoms. The molecule has 0 aliphatic heterocycles. The Balaban J connectivity index is 2.45. The summed E-state index contributed by atoms with van der Waals surface area (Å²) in [4.78, 5) is 28.0. The largest absolute Gasteiger partial charge is 0.495 e. The van der Waals surface area contributed by atoms with Crippen LogP contribution in [0.4, 0.5) is 5.69 Å². The maximum absolute atomic E-state index is 13.6. The Morgan fingerprint density at radius 1 is 1.11 bits per heavy atom.